The second-order valence-electron chi connectivity index (χ2n) is 5.37. The van der Waals surface area contributed by atoms with Gasteiger partial charge in [0.25, 0.3) is 0 Å². The summed E-state index contributed by atoms with van der Waals surface area (Å²) in [4.78, 5) is 14.5. The average molecular weight is 232 g/mol. The van der Waals surface area contributed by atoms with Gasteiger partial charge in [-0.1, -0.05) is 12.1 Å². The molecule has 1 aromatic rings. The van der Waals surface area contributed by atoms with Crippen LogP contribution in [0.5, 0.6) is 0 Å². The Morgan fingerprint density at radius 2 is 2.12 bits per heavy atom. The summed E-state index contributed by atoms with van der Waals surface area (Å²) in [5.41, 5.74) is 1.12. The summed E-state index contributed by atoms with van der Waals surface area (Å²) >= 11 is 0. The van der Waals surface area contributed by atoms with Crippen molar-refractivity contribution in [3.05, 3.63) is 35.0 Å². The maximum atomic E-state index is 12.5. The van der Waals surface area contributed by atoms with Gasteiger partial charge in [-0.15, -0.1) is 0 Å². The Bertz CT molecular complexity index is 498. The standard InChI is InChI=1S/C13H16N2O2/c1-14-11-6-4-3-5-10(11)12(16)13(14)7-8-15(2,17)9-13/h3-6H,7-9H2,1-2H3. The highest BCUT2D eigenvalue weighted by Gasteiger charge is 2.56. The van der Waals surface area contributed by atoms with E-state index in [0.29, 0.717) is 19.5 Å². The summed E-state index contributed by atoms with van der Waals surface area (Å²) < 4.78 is -0.315. The van der Waals surface area contributed by atoms with Crippen molar-refractivity contribution >= 4 is 11.5 Å². The summed E-state index contributed by atoms with van der Waals surface area (Å²) in [5.74, 6) is 0.119. The lowest BCUT2D eigenvalue weighted by atomic mass is 9.92. The molecule has 0 aromatic heterocycles. The zero-order chi connectivity index (χ0) is 12.3. The molecule has 2 unspecified atom stereocenters. The third-order valence-electron chi connectivity index (χ3n) is 4.17. The Hall–Kier alpha value is -1.39. The molecule has 2 heterocycles. The van der Waals surface area contributed by atoms with Crippen molar-refractivity contribution in [3.63, 3.8) is 0 Å². The van der Waals surface area contributed by atoms with Gasteiger partial charge in [-0.3, -0.25) is 4.79 Å². The van der Waals surface area contributed by atoms with Crippen molar-refractivity contribution < 1.29 is 9.44 Å². The molecule has 0 amide bonds. The van der Waals surface area contributed by atoms with Crippen LogP contribution in [0.3, 0.4) is 0 Å². The number of hydrogen-bond acceptors (Lipinski definition) is 3. The van der Waals surface area contributed by atoms with E-state index >= 15 is 0 Å². The van der Waals surface area contributed by atoms with Crippen LogP contribution in [0.15, 0.2) is 24.3 Å². The molecule has 2 aliphatic heterocycles. The van der Waals surface area contributed by atoms with Crippen molar-refractivity contribution in [3.8, 4) is 0 Å². The van der Waals surface area contributed by atoms with Crippen molar-refractivity contribution in [2.75, 3.05) is 32.1 Å². The summed E-state index contributed by atoms with van der Waals surface area (Å²) in [7, 11) is 3.58. The number of rotatable bonds is 0. The van der Waals surface area contributed by atoms with Crippen LogP contribution in [-0.2, 0) is 0 Å². The first kappa shape index (κ1) is 10.7. The molecule has 4 heteroatoms. The Labute approximate surface area is 101 Å². The number of likely N-dealkylation sites (N-methyl/N-ethyl adjacent to an activating group) is 2. The van der Waals surface area contributed by atoms with E-state index in [2.05, 4.69) is 0 Å². The van der Waals surface area contributed by atoms with E-state index in [1.165, 1.54) is 0 Å². The number of hydrogen-bond donors (Lipinski definition) is 0. The van der Waals surface area contributed by atoms with Crippen molar-refractivity contribution in [2.24, 2.45) is 0 Å². The number of likely N-dealkylation sites (tertiary alicyclic amines) is 1. The minimum Gasteiger partial charge on any atom is -0.633 e. The number of Topliss-reactive ketones (excluding diaryl/α,β-unsaturated/α-hetero) is 1. The predicted molar refractivity (Wildman–Crippen MR) is 65.8 cm³/mol. The average Bonchev–Trinajstić information content (AvgIpc) is 2.73. The van der Waals surface area contributed by atoms with Crippen LogP contribution in [0.4, 0.5) is 5.69 Å². The molecule has 2 atom stereocenters. The molecule has 3 rings (SSSR count). The van der Waals surface area contributed by atoms with Gasteiger partial charge in [0.1, 0.15) is 6.54 Å². The van der Waals surface area contributed by atoms with Gasteiger partial charge in [0, 0.05) is 24.7 Å². The van der Waals surface area contributed by atoms with E-state index in [1.54, 1.807) is 7.05 Å². The number of benzene rings is 1. The maximum absolute atomic E-state index is 12.5. The van der Waals surface area contributed by atoms with Crippen molar-refractivity contribution in [1.29, 1.82) is 0 Å². The van der Waals surface area contributed by atoms with Crippen LogP contribution in [0, 0.1) is 5.21 Å². The molecule has 0 saturated carbocycles. The lowest BCUT2D eigenvalue weighted by molar-refractivity contribution is -0.848. The molecule has 0 N–H and O–H groups in total. The minimum absolute atomic E-state index is 0.119. The molecule has 1 spiro atoms. The third kappa shape index (κ3) is 1.28. The van der Waals surface area contributed by atoms with Gasteiger partial charge in [0.05, 0.1) is 13.6 Å². The van der Waals surface area contributed by atoms with Gasteiger partial charge < -0.3 is 14.8 Å². The maximum Gasteiger partial charge on any atom is 0.196 e. The molecule has 0 radical (unpaired) electrons. The highest BCUT2D eigenvalue weighted by atomic mass is 16.5. The smallest absolute Gasteiger partial charge is 0.196 e. The Balaban J connectivity index is 2.10. The van der Waals surface area contributed by atoms with E-state index in [4.69, 9.17) is 0 Å². The van der Waals surface area contributed by atoms with Gasteiger partial charge in [-0.25, -0.2) is 0 Å². The molecule has 17 heavy (non-hydrogen) atoms. The number of quaternary nitrogens is 1. The molecular formula is C13H16N2O2. The minimum atomic E-state index is -0.597. The first-order valence-electron chi connectivity index (χ1n) is 5.90. The number of carbonyl (C=O) groups is 1. The zero-order valence-corrected chi connectivity index (χ0v) is 10.1. The van der Waals surface area contributed by atoms with E-state index in [-0.39, 0.29) is 10.4 Å². The fourth-order valence-corrected chi connectivity index (χ4v) is 3.18. The molecule has 1 saturated heterocycles. The Morgan fingerprint density at radius 3 is 2.71 bits per heavy atom. The topological polar surface area (TPSA) is 43.4 Å². The first-order chi connectivity index (χ1) is 7.96. The van der Waals surface area contributed by atoms with E-state index in [0.717, 1.165) is 11.3 Å². The monoisotopic (exact) mass is 232 g/mol. The van der Waals surface area contributed by atoms with Gasteiger partial charge in [-0.05, 0) is 12.1 Å². The number of nitrogens with zero attached hydrogens (tertiary/aromatic N) is 2. The fraction of sp³-hybridized carbons (Fsp3) is 0.462. The highest BCUT2D eigenvalue weighted by molar-refractivity contribution is 6.14. The molecule has 2 aliphatic rings. The van der Waals surface area contributed by atoms with Gasteiger partial charge in [-0.2, -0.15) is 0 Å². The number of para-hydroxylation sites is 1. The molecule has 1 aromatic carbocycles. The second-order valence-corrected chi connectivity index (χ2v) is 5.37. The van der Waals surface area contributed by atoms with Crippen LogP contribution >= 0.6 is 0 Å². The van der Waals surface area contributed by atoms with E-state index < -0.39 is 5.54 Å². The number of ketones is 1. The van der Waals surface area contributed by atoms with Crippen LogP contribution in [0.2, 0.25) is 0 Å². The quantitative estimate of drug-likeness (QED) is 0.501. The Kier molecular flexibility index (Phi) is 1.95. The molecule has 90 valence electrons. The van der Waals surface area contributed by atoms with Gasteiger partial charge >= 0.3 is 0 Å². The SMILES string of the molecule is CN1c2ccccc2C(=O)C12CC[N+](C)([O-])C2. The Morgan fingerprint density at radius 1 is 1.41 bits per heavy atom. The van der Waals surface area contributed by atoms with Gasteiger partial charge in [0.2, 0.25) is 0 Å². The number of fused-ring (bicyclic) bond motifs is 1. The summed E-state index contributed by atoms with van der Waals surface area (Å²) in [6.07, 6.45) is 0.650. The summed E-state index contributed by atoms with van der Waals surface area (Å²) in [6, 6.07) is 7.62. The van der Waals surface area contributed by atoms with Crippen molar-refractivity contribution in [1.82, 2.24) is 0 Å². The van der Waals surface area contributed by atoms with Crippen LogP contribution in [0.25, 0.3) is 0 Å². The number of hydroxylamine groups is 3. The second kappa shape index (κ2) is 3.09. The molecule has 4 nitrogen and oxygen atoms in total. The molecular weight excluding hydrogens is 216 g/mol. The summed E-state index contributed by atoms with van der Waals surface area (Å²) in [6.45, 7) is 0.876. The zero-order valence-electron chi connectivity index (χ0n) is 10.1. The normalized spacial score (nSPS) is 35.7. The largest absolute Gasteiger partial charge is 0.633 e. The van der Waals surface area contributed by atoms with Crippen LogP contribution in [0.1, 0.15) is 16.8 Å². The highest BCUT2D eigenvalue weighted by Crippen LogP contribution is 2.43. The summed E-state index contributed by atoms with van der Waals surface area (Å²) in [5, 5.41) is 12.1. The fourth-order valence-electron chi connectivity index (χ4n) is 3.18. The van der Waals surface area contributed by atoms with Crippen LogP contribution in [-0.4, -0.2) is 43.2 Å². The lowest BCUT2D eigenvalue weighted by Gasteiger charge is -2.37. The molecule has 1 fully saturated rings. The van der Waals surface area contributed by atoms with Crippen LogP contribution < -0.4 is 4.90 Å². The third-order valence-corrected chi connectivity index (χ3v) is 4.17. The first-order valence-corrected chi connectivity index (χ1v) is 5.90. The molecule has 0 bridgehead atoms. The lowest BCUT2D eigenvalue weighted by Crippen LogP contribution is -2.52. The van der Waals surface area contributed by atoms with Gasteiger partial charge in [0.15, 0.2) is 11.3 Å². The number of carbonyl (C=O) groups excluding carboxylic acids is 1. The number of anilines is 1. The molecule has 0 aliphatic carbocycles. The van der Waals surface area contributed by atoms with E-state index in [1.807, 2.05) is 36.2 Å². The van der Waals surface area contributed by atoms with E-state index in [9.17, 15) is 10.0 Å². The predicted octanol–water partition coefficient (Wildman–Crippen LogP) is 1.41. The van der Waals surface area contributed by atoms with Crippen molar-refractivity contribution in [2.45, 2.75) is 12.0 Å².